The van der Waals surface area contributed by atoms with Crippen LogP contribution in [-0.4, -0.2) is 33.0 Å². The second-order valence-corrected chi connectivity index (χ2v) is 8.68. The van der Waals surface area contributed by atoms with E-state index in [1.807, 2.05) is 24.3 Å². The Morgan fingerprint density at radius 1 is 1.08 bits per heavy atom. The molecule has 1 aliphatic carbocycles. The first kappa shape index (κ1) is 16.8. The van der Waals surface area contributed by atoms with Crippen LogP contribution in [0.15, 0.2) is 45.9 Å². The largest absolute Gasteiger partial charge is 0.468 e. The van der Waals surface area contributed by atoms with Crippen LogP contribution in [0.5, 0.6) is 0 Å². The lowest BCUT2D eigenvalue weighted by molar-refractivity contribution is 0.216. The molecule has 2 aliphatic rings. The second kappa shape index (κ2) is 6.94. The molecule has 1 N–H and O–H groups in total. The summed E-state index contributed by atoms with van der Waals surface area (Å²) in [6.45, 7) is 2.28. The summed E-state index contributed by atoms with van der Waals surface area (Å²) in [5.41, 5.74) is 2.45. The molecule has 1 atom stereocenters. The maximum absolute atomic E-state index is 12.8. The van der Waals surface area contributed by atoms with Crippen molar-refractivity contribution in [3.05, 3.63) is 53.5 Å². The third-order valence-electron chi connectivity index (χ3n) is 5.30. The molecule has 1 aromatic carbocycles. The molecule has 0 unspecified atom stereocenters. The van der Waals surface area contributed by atoms with E-state index in [1.165, 1.54) is 11.1 Å². The van der Waals surface area contributed by atoms with Gasteiger partial charge in [-0.05, 0) is 80.6 Å². The van der Waals surface area contributed by atoms with Gasteiger partial charge in [0, 0.05) is 6.54 Å². The lowest BCUT2D eigenvalue weighted by Crippen LogP contribution is -2.36. The molecule has 1 saturated heterocycles. The maximum atomic E-state index is 12.8. The summed E-state index contributed by atoms with van der Waals surface area (Å²) in [6.07, 6.45) is 7.08. The van der Waals surface area contributed by atoms with Gasteiger partial charge in [0.05, 0.1) is 17.2 Å². The molecule has 0 spiro atoms. The summed E-state index contributed by atoms with van der Waals surface area (Å²) in [5, 5.41) is 0. The van der Waals surface area contributed by atoms with Gasteiger partial charge in [-0.2, -0.15) is 0 Å². The van der Waals surface area contributed by atoms with Crippen LogP contribution in [-0.2, 0) is 22.9 Å². The molecule has 0 saturated carbocycles. The number of nitrogens with zero attached hydrogens (tertiary/aromatic N) is 1. The Kier molecular flexibility index (Phi) is 4.67. The number of nitrogens with one attached hydrogen (secondary N) is 1. The highest BCUT2D eigenvalue weighted by Gasteiger charge is 2.27. The molecule has 0 radical (unpaired) electrons. The molecule has 1 aliphatic heterocycles. The molecule has 25 heavy (non-hydrogen) atoms. The number of fused-ring (bicyclic) bond motifs is 1. The van der Waals surface area contributed by atoms with E-state index in [-0.39, 0.29) is 6.04 Å². The minimum absolute atomic E-state index is 0.0540. The van der Waals surface area contributed by atoms with E-state index < -0.39 is 10.0 Å². The van der Waals surface area contributed by atoms with Crippen molar-refractivity contribution >= 4 is 10.0 Å². The van der Waals surface area contributed by atoms with Gasteiger partial charge in [0.25, 0.3) is 0 Å². The highest BCUT2D eigenvalue weighted by Crippen LogP contribution is 2.27. The normalized spacial score (nSPS) is 19.2. The molecule has 134 valence electrons. The summed E-state index contributed by atoms with van der Waals surface area (Å²) in [6, 6.07) is 9.25. The number of hydrogen-bond acceptors (Lipinski definition) is 4. The topological polar surface area (TPSA) is 62.6 Å². The Morgan fingerprint density at radius 2 is 1.88 bits per heavy atom. The first-order valence-electron chi connectivity index (χ1n) is 9.02. The standard InChI is InChI=1S/C19H24N2O3S/c22-25(23,17-9-8-15-5-3-6-16(15)13-17)20-14-18(19-7-4-12-24-19)21-10-1-2-11-21/h4,7-9,12-13,18,20H,1-3,5-6,10-11,14H2/t18-/m0/s1. The zero-order chi connectivity index (χ0) is 17.3. The van der Waals surface area contributed by atoms with Crippen molar-refractivity contribution in [1.29, 1.82) is 0 Å². The van der Waals surface area contributed by atoms with Gasteiger partial charge in [0.2, 0.25) is 10.0 Å². The minimum Gasteiger partial charge on any atom is -0.468 e. The minimum atomic E-state index is -3.52. The molecule has 5 nitrogen and oxygen atoms in total. The molecule has 2 aromatic rings. The molecule has 6 heteroatoms. The summed E-state index contributed by atoms with van der Waals surface area (Å²) < 4.78 is 33.9. The number of hydrogen-bond donors (Lipinski definition) is 1. The molecule has 0 bridgehead atoms. The smallest absolute Gasteiger partial charge is 0.240 e. The van der Waals surface area contributed by atoms with Crippen LogP contribution < -0.4 is 4.72 Å². The second-order valence-electron chi connectivity index (χ2n) is 6.91. The monoisotopic (exact) mass is 360 g/mol. The molecule has 4 rings (SSSR count). The Balaban J connectivity index is 1.51. The zero-order valence-corrected chi connectivity index (χ0v) is 15.1. The van der Waals surface area contributed by atoms with Gasteiger partial charge in [-0.1, -0.05) is 6.07 Å². The fraction of sp³-hybridized carbons (Fsp3) is 0.474. The van der Waals surface area contributed by atoms with Crippen molar-refractivity contribution in [2.45, 2.75) is 43.0 Å². The Bertz CT molecular complexity index is 824. The number of likely N-dealkylation sites (tertiary alicyclic amines) is 1. The molecule has 0 amide bonds. The number of sulfonamides is 1. The summed E-state index contributed by atoms with van der Waals surface area (Å²) in [4.78, 5) is 2.66. The summed E-state index contributed by atoms with van der Waals surface area (Å²) in [5.74, 6) is 0.818. The van der Waals surface area contributed by atoms with E-state index in [0.717, 1.165) is 51.0 Å². The Labute approximate surface area is 149 Å². The van der Waals surface area contributed by atoms with E-state index in [4.69, 9.17) is 4.42 Å². The number of aryl methyl sites for hydroxylation is 2. The van der Waals surface area contributed by atoms with E-state index in [2.05, 4.69) is 9.62 Å². The van der Waals surface area contributed by atoms with Gasteiger partial charge in [0.1, 0.15) is 5.76 Å². The van der Waals surface area contributed by atoms with Crippen LogP contribution in [0.1, 0.15) is 42.2 Å². The average Bonchev–Trinajstić information content (AvgIpc) is 3.36. The lowest BCUT2D eigenvalue weighted by atomic mass is 10.1. The Hall–Kier alpha value is -1.63. The van der Waals surface area contributed by atoms with Gasteiger partial charge < -0.3 is 4.42 Å². The van der Waals surface area contributed by atoms with Crippen LogP contribution in [0, 0.1) is 0 Å². The van der Waals surface area contributed by atoms with Gasteiger partial charge >= 0.3 is 0 Å². The zero-order valence-electron chi connectivity index (χ0n) is 14.3. The average molecular weight is 360 g/mol. The molecule has 1 aromatic heterocycles. The number of rotatable bonds is 6. The van der Waals surface area contributed by atoms with Crippen molar-refractivity contribution in [3.8, 4) is 0 Å². The van der Waals surface area contributed by atoms with E-state index in [1.54, 1.807) is 12.3 Å². The number of furan rings is 1. The molecular weight excluding hydrogens is 336 g/mol. The van der Waals surface area contributed by atoms with Crippen LogP contribution in [0.25, 0.3) is 0 Å². The SMILES string of the molecule is O=S(=O)(NC[C@@H](c1ccco1)N1CCCC1)c1ccc2c(c1)CCC2. The van der Waals surface area contributed by atoms with Gasteiger partial charge in [-0.15, -0.1) is 0 Å². The summed E-state index contributed by atoms with van der Waals surface area (Å²) >= 11 is 0. The maximum Gasteiger partial charge on any atom is 0.240 e. The van der Waals surface area contributed by atoms with Crippen molar-refractivity contribution in [3.63, 3.8) is 0 Å². The van der Waals surface area contributed by atoms with E-state index in [0.29, 0.717) is 11.4 Å². The molecular formula is C19H24N2O3S. The van der Waals surface area contributed by atoms with Crippen molar-refractivity contribution < 1.29 is 12.8 Å². The fourth-order valence-electron chi connectivity index (χ4n) is 3.93. The van der Waals surface area contributed by atoms with E-state index >= 15 is 0 Å². The fourth-order valence-corrected chi connectivity index (χ4v) is 5.02. The van der Waals surface area contributed by atoms with E-state index in [9.17, 15) is 8.42 Å². The third kappa shape index (κ3) is 3.52. The predicted molar refractivity (Wildman–Crippen MR) is 95.9 cm³/mol. The van der Waals surface area contributed by atoms with Crippen LogP contribution in [0.2, 0.25) is 0 Å². The third-order valence-corrected chi connectivity index (χ3v) is 6.72. The van der Waals surface area contributed by atoms with Gasteiger partial charge in [-0.25, -0.2) is 13.1 Å². The van der Waals surface area contributed by atoms with Crippen LogP contribution >= 0.6 is 0 Å². The summed E-state index contributed by atoms with van der Waals surface area (Å²) in [7, 11) is -3.52. The Morgan fingerprint density at radius 3 is 2.64 bits per heavy atom. The van der Waals surface area contributed by atoms with Crippen molar-refractivity contribution in [2.75, 3.05) is 19.6 Å². The van der Waals surface area contributed by atoms with Crippen molar-refractivity contribution in [2.24, 2.45) is 0 Å². The lowest BCUT2D eigenvalue weighted by Gasteiger charge is -2.26. The highest BCUT2D eigenvalue weighted by molar-refractivity contribution is 7.89. The first-order chi connectivity index (χ1) is 12.1. The molecule has 2 heterocycles. The van der Waals surface area contributed by atoms with Crippen LogP contribution in [0.3, 0.4) is 0 Å². The van der Waals surface area contributed by atoms with Gasteiger partial charge in [0.15, 0.2) is 0 Å². The first-order valence-corrected chi connectivity index (χ1v) is 10.5. The van der Waals surface area contributed by atoms with Crippen LogP contribution in [0.4, 0.5) is 0 Å². The van der Waals surface area contributed by atoms with Gasteiger partial charge in [-0.3, -0.25) is 4.90 Å². The van der Waals surface area contributed by atoms with Crippen molar-refractivity contribution in [1.82, 2.24) is 9.62 Å². The number of benzene rings is 1. The predicted octanol–water partition coefficient (Wildman–Crippen LogP) is 2.88. The quantitative estimate of drug-likeness (QED) is 0.860. The molecule has 1 fully saturated rings. The highest BCUT2D eigenvalue weighted by atomic mass is 32.2.